The summed E-state index contributed by atoms with van der Waals surface area (Å²) < 4.78 is 67.3. The van der Waals surface area contributed by atoms with Crippen LogP contribution in [-0.4, -0.2) is 96.7 Å². The molecule has 2 unspecified atom stereocenters. The van der Waals surface area contributed by atoms with E-state index in [1.807, 2.05) is 6.92 Å². The van der Waals surface area contributed by atoms with Crippen LogP contribution in [0.5, 0.6) is 0 Å². The first-order valence-corrected chi connectivity index (χ1v) is 34.3. The molecule has 0 aliphatic rings. The highest BCUT2D eigenvalue weighted by Crippen LogP contribution is 2.45. The van der Waals surface area contributed by atoms with Gasteiger partial charge in [-0.15, -0.1) is 0 Å². The number of phosphoric ester groups is 2. The van der Waals surface area contributed by atoms with Crippen molar-refractivity contribution in [1.29, 1.82) is 0 Å². The Labute approximate surface area is 473 Å². The summed E-state index contributed by atoms with van der Waals surface area (Å²) in [5.41, 5.74) is 0. The Bertz CT molecular complexity index is 1520. The number of hydrogen-bond acceptors (Lipinski definition) is 15. The molecule has 0 fully saturated rings. The summed E-state index contributed by atoms with van der Waals surface area (Å²) in [5, 5.41) is 10.4. The molecule has 0 rings (SSSR count). The zero-order valence-corrected chi connectivity index (χ0v) is 51.4. The van der Waals surface area contributed by atoms with Crippen LogP contribution >= 0.6 is 15.6 Å². The fourth-order valence-electron chi connectivity index (χ4n) is 8.75. The molecule has 3 N–H and O–H groups in total. The van der Waals surface area contributed by atoms with Gasteiger partial charge in [-0.3, -0.25) is 37.3 Å². The van der Waals surface area contributed by atoms with Gasteiger partial charge in [0.25, 0.3) is 0 Å². The summed E-state index contributed by atoms with van der Waals surface area (Å²) in [6, 6.07) is 0. The molecule has 0 amide bonds. The maximum absolute atomic E-state index is 12.9. The van der Waals surface area contributed by atoms with Gasteiger partial charge in [0.15, 0.2) is 12.2 Å². The SMILES string of the molecule is CCCCCCCCCCCCCCCCCC(=O)O[C@H](COC(=O)CCCCCCCCCCCCCCCC)COP(=O)(O)OC[C@H](O)COP(=O)(O)OC[C@@H](COC(=O)CCCCCCC)OC(=O)CCCCCC. The zero-order chi connectivity index (χ0) is 57.6. The lowest BCUT2D eigenvalue weighted by Gasteiger charge is -2.21. The summed E-state index contributed by atoms with van der Waals surface area (Å²) in [7, 11) is -9.85. The molecule has 0 heterocycles. The molecule has 0 aliphatic heterocycles. The Kier molecular flexibility index (Phi) is 53.0. The summed E-state index contributed by atoms with van der Waals surface area (Å²) in [6.07, 6.45) is 38.5. The minimum Gasteiger partial charge on any atom is -0.462 e. The second kappa shape index (κ2) is 54.3. The summed E-state index contributed by atoms with van der Waals surface area (Å²) in [4.78, 5) is 71.4. The second-order valence-electron chi connectivity index (χ2n) is 21.4. The molecule has 5 atom stereocenters. The quantitative estimate of drug-likeness (QED) is 0.0222. The fourth-order valence-corrected chi connectivity index (χ4v) is 10.3. The van der Waals surface area contributed by atoms with Crippen LogP contribution in [0.2, 0.25) is 0 Å². The molecule has 19 heteroatoms. The van der Waals surface area contributed by atoms with E-state index in [0.29, 0.717) is 25.7 Å². The van der Waals surface area contributed by atoms with Crippen molar-refractivity contribution in [3.05, 3.63) is 0 Å². The molecule has 0 saturated heterocycles. The van der Waals surface area contributed by atoms with E-state index in [2.05, 4.69) is 20.8 Å². The first-order chi connectivity index (χ1) is 37.7. The monoisotopic (exact) mass is 1160 g/mol. The van der Waals surface area contributed by atoms with E-state index in [1.54, 1.807) is 0 Å². The van der Waals surface area contributed by atoms with Crippen LogP contribution in [0.4, 0.5) is 0 Å². The number of esters is 4. The Morgan fingerprint density at radius 2 is 0.513 bits per heavy atom. The number of hydrogen-bond donors (Lipinski definition) is 3. The predicted octanol–water partition coefficient (Wildman–Crippen LogP) is 16.0. The topological polar surface area (TPSA) is 237 Å². The van der Waals surface area contributed by atoms with E-state index in [1.165, 1.54) is 128 Å². The molecule has 0 aromatic carbocycles. The lowest BCUT2D eigenvalue weighted by atomic mass is 10.0. The maximum Gasteiger partial charge on any atom is 0.472 e. The van der Waals surface area contributed by atoms with Gasteiger partial charge in [0, 0.05) is 25.7 Å². The molecule has 0 aromatic rings. The third kappa shape index (κ3) is 53.4. The number of phosphoric acid groups is 2. The van der Waals surface area contributed by atoms with Gasteiger partial charge < -0.3 is 33.8 Å². The number of rotatable bonds is 60. The number of aliphatic hydroxyl groups is 1. The van der Waals surface area contributed by atoms with Crippen molar-refractivity contribution >= 4 is 39.5 Å². The Hall–Kier alpha value is -1.94. The fraction of sp³-hybridized carbons (Fsp3) is 0.932. The van der Waals surface area contributed by atoms with Crippen molar-refractivity contribution in [3.8, 4) is 0 Å². The predicted molar refractivity (Wildman–Crippen MR) is 308 cm³/mol. The normalized spacial score (nSPS) is 14.3. The second-order valence-corrected chi connectivity index (χ2v) is 24.3. The van der Waals surface area contributed by atoms with Crippen molar-refractivity contribution in [1.82, 2.24) is 0 Å². The van der Waals surface area contributed by atoms with Crippen molar-refractivity contribution in [2.75, 3.05) is 39.6 Å². The van der Waals surface area contributed by atoms with Crippen LogP contribution in [-0.2, 0) is 65.4 Å². The van der Waals surface area contributed by atoms with E-state index >= 15 is 0 Å². The van der Waals surface area contributed by atoms with Gasteiger partial charge >= 0.3 is 39.5 Å². The molecule has 17 nitrogen and oxygen atoms in total. The molecular formula is C59H114O17P2. The number of carbonyl (C=O) groups is 4. The largest absolute Gasteiger partial charge is 0.472 e. The summed E-state index contributed by atoms with van der Waals surface area (Å²) >= 11 is 0. The average molecular weight is 1160 g/mol. The molecule has 0 aromatic heterocycles. The Morgan fingerprint density at radius 3 is 0.769 bits per heavy atom. The van der Waals surface area contributed by atoms with E-state index in [4.69, 9.17) is 37.0 Å². The first kappa shape index (κ1) is 76.1. The number of ether oxygens (including phenoxy) is 4. The van der Waals surface area contributed by atoms with E-state index in [-0.39, 0.29) is 25.7 Å². The van der Waals surface area contributed by atoms with Gasteiger partial charge in [-0.1, -0.05) is 246 Å². The van der Waals surface area contributed by atoms with Gasteiger partial charge in [0.2, 0.25) is 0 Å². The zero-order valence-electron chi connectivity index (χ0n) is 49.6. The van der Waals surface area contributed by atoms with Crippen LogP contribution in [0.25, 0.3) is 0 Å². The number of unbranched alkanes of at least 4 members (excludes halogenated alkanes) is 34. The standard InChI is InChI=1S/C59H114O17P2/c1-5-9-13-17-19-21-23-25-27-29-31-33-35-38-42-46-59(64)76-55(50-70-57(62)44-41-37-34-32-30-28-26-24-22-20-18-14-10-6-2)52-74-78(67,68)72-48-53(60)47-71-77(65,66)73-51-54(75-58(63)45-39-16-12-8-4)49-69-56(61)43-40-36-15-11-7-3/h53-55,60H,5-52H2,1-4H3,(H,65,66)(H,67,68)/t53-,54-,55-/m1/s1. The van der Waals surface area contributed by atoms with Gasteiger partial charge in [-0.25, -0.2) is 9.13 Å². The highest BCUT2D eigenvalue weighted by Gasteiger charge is 2.30. The molecule has 0 radical (unpaired) electrons. The molecular weight excluding hydrogens is 1040 g/mol. The third-order valence-electron chi connectivity index (χ3n) is 13.6. The van der Waals surface area contributed by atoms with Crippen LogP contribution in [0.3, 0.4) is 0 Å². The summed E-state index contributed by atoms with van der Waals surface area (Å²) in [5.74, 6) is -2.17. The Morgan fingerprint density at radius 1 is 0.308 bits per heavy atom. The molecule has 0 bridgehead atoms. The molecule has 462 valence electrons. The molecule has 0 spiro atoms. The highest BCUT2D eigenvalue weighted by molar-refractivity contribution is 7.47. The van der Waals surface area contributed by atoms with Crippen molar-refractivity contribution in [2.45, 2.75) is 316 Å². The minimum absolute atomic E-state index is 0.0955. The number of carbonyl (C=O) groups excluding carboxylic acids is 4. The van der Waals surface area contributed by atoms with Crippen LogP contribution in [0.1, 0.15) is 297 Å². The van der Waals surface area contributed by atoms with Crippen molar-refractivity contribution in [2.24, 2.45) is 0 Å². The van der Waals surface area contributed by atoms with E-state index in [9.17, 15) is 43.2 Å². The smallest absolute Gasteiger partial charge is 0.462 e. The van der Waals surface area contributed by atoms with E-state index < -0.39 is 97.5 Å². The van der Waals surface area contributed by atoms with E-state index in [0.717, 1.165) is 89.9 Å². The third-order valence-corrected chi connectivity index (χ3v) is 15.5. The maximum atomic E-state index is 12.9. The minimum atomic E-state index is -4.93. The lowest BCUT2D eigenvalue weighted by molar-refractivity contribution is -0.161. The van der Waals surface area contributed by atoms with Gasteiger partial charge in [0.1, 0.15) is 19.3 Å². The van der Waals surface area contributed by atoms with Crippen LogP contribution in [0, 0.1) is 0 Å². The Balaban J connectivity index is 5.09. The first-order valence-electron chi connectivity index (χ1n) is 31.3. The number of aliphatic hydroxyl groups excluding tert-OH is 1. The van der Waals surface area contributed by atoms with Gasteiger partial charge in [-0.2, -0.15) is 0 Å². The van der Waals surface area contributed by atoms with Crippen molar-refractivity contribution < 1.29 is 80.2 Å². The molecule has 0 saturated carbocycles. The van der Waals surface area contributed by atoms with Gasteiger partial charge in [0.05, 0.1) is 26.4 Å². The van der Waals surface area contributed by atoms with Crippen molar-refractivity contribution in [3.63, 3.8) is 0 Å². The summed E-state index contributed by atoms with van der Waals surface area (Å²) in [6.45, 7) is 4.64. The molecule has 0 aliphatic carbocycles. The van der Waals surface area contributed by atoms with Crippen LogP contribution in [0.15, 0.2) is 0 Å². The lowest BCUT2D eigenvalue weighted by Crippen LogP contribution is -2.30. The average Bonchev–Trinajstić information content (AvgIpc) is 3.41. The molecule has 78 heavy (non-hydrogen) atoms. The highest BCUT2D eigenvalue weighted by atomic mass is 31.2. The van der Waals surface area contributed by atoms with Crippen LogP contribution < -0.4 is 0 Å². The van der Waals surface area contributed by atoms with Gasteiger partial charge in [-0.05, 0) is 25.7 Å².